The number of rotatable bonds is 6. The Morgan fingerprint density at radius 1 is 1.37 bits per heavy atom. The second-order valence-electron chi connectivity index (χ2n) is 7.14. The maximum Gasteiger partial charge on any atom is 0.341 e. The number of carbonyl (C=O) groups excluding carboxylic acids is 2. The molecular weight excluding hydrogens is 400 g/mol. The van der Waals surface area contributed by atoms with E-state index in [0.717, 1.165) is 29.7 Å². The number of methoxy groups -OCH3 is 1. The number of amides is 1. The average Bonchev–Trinajstić information content (AvgIpc) is 3.09. The monoisotopic (exact) mass is 424 g/mol. The summed E-state index contributed by atoms with van der Waals surface area (Å²) in [5, 5.41) is 12.8. The number of benzene rings is 1. The number of hydrogen-bond donors (Lipinski definition) is 1. The van der Waals surface area contributed by atoms with Crippen LogP contribution in [0.3, 0.4) is 0 Å². The summed E-state index contributed by atoms with van der Waals surface area (Å²) < 4.78 is 10.5. The van der Waals surface area contributed by atoms with Crippen LogP contribution in [0, 0.1) is 17.2 Å². The topological polar surface area (TPSA) is 88.4 Å². The molecule has 6 nitrogen and oxygen atoms in total. The van der Waals surface area contributed by atoms with Crippen molar-refractivity contribution < 1.29 is 19.1 Å². The van der Waals surface area contributed by atoms with Crippen molar-refractivity contribution in [1.82, 2.24) is 0 Å². The van der Waals surface area contributed by atoms with Gasteiger partial charge in [-0.2, -0.15) is 5.26 Å². The molecule has 0 saturated heterocycles. The normalized spacial score (nSPS) is 15.7. The number of anilines is 1. The zero-order valence-corrected chi connectivity index (χ0v) is 18.1. The Bertz CT molecular complexity index is 1030. The molecule has 0 bridgehead atoms. The van der Waals surface area contributed by atoms with Crippen LogP contribution in [-0.2, 0) is 22.4 Å². The Balaban J connectivity index is 1.94. The van der Waals surface area contributed by atoms with Crippen molar-refractivity contribution in [2.24, 2.45) is 5.92 Å². The van der Waals surface area contributed by atoms with Gasteiger partial charge in [0.15, 0.2) is 0 Å². The molecule has 0 fully saturated rings. The number of thiophene rings is 1. The number of nitrogens with zero attached hydrogens (tertiary/aromatic N) is 1. The molecule has 1 aliphatic rings. The van der Waals surface area contributed by atoms with E-state index in [1.54, 1.807) is 25.1 Å². The largest absolute Gasteiger partial charge is 0.496 e. The lowest BCUT2D eigenvalue weighted by atomic mass is 9.88. The summed E-state index contributed by atoms with van der Waals surface area (Å²) in [6.45, 7) is 4.18. The molecule has 1 unspecified atom stereocenters. The molecule has 0 radical (unpaired) electrons. The molecule has 1 atom stereocenters. The van der Waals surface area contributed by atoms with Crippen LogP contribution < -0.4 is 10.1 Å². The fourth-order valence-electron chi connectivity index (χ4n) is 3.52. The Hall–Kier alpha value is -3.11. The quantitative estimate of drug-likeness (QED) is 0.416. The van der Waals surface area contributed by atoms with Crippen molar-refractivity contribution in [3.05, 3.63) is 51.4 Å². The lowest BCUT2D eigenvalue weighted by Crippen LogP contribution is -2.17. The molecule has 0 spiro atoms. The summed E-state index contributed by atoms with van der Waals surface area (Å²) in [7, 11) is 1.53. The van der Waals surface area contributed by atoms with Gasteiger partial charge in [-0.3, -0.25) is 4.79 Å². The third-order valence-electron chi connectivity index (χ3n) is 5.02. The molecule has 1 aromatic carbocycles. The molecule has 30 heavy (non-hydrogen) atoms. The van der Waals surface area contributed by atoms with Gasteiger partial charge in [0, 0.05) is 10.4 Å². The summed E-state index contributed by atoms with van der Waals surface area (Å²) >= 11 is 1.40. The highest BCUT2D eigenvalue weighted by Crippen LogP contribution is 2.40. The summed E-state index contributed by atoms with van der Waals surface area (Å²) in [4.78, 5) is 26.6. The van der Waals surface area contributed by atoms with Gasteiger partial charge < -0.3 is 14.8 Å². The first-order valence-electron chi connectivity index (χ1n) is 9.86. The van der Waals surface area contributed by atoms with Gasteiger partial charge in [0.2, 0.25) is 0 Å². The van der Waals surface area contributed by atoms with Crippen LogP contribution in [0.2, 0.25) is 0 Å². The van der Waals surface area contributed by atoms with Crippen molar-refractivity contribution in [1.29, 1.82) is 5.26 Å². The molecule has 1 amide bonds. The minimum Gasteiger partial charge on any atom is -0.496 e. The summed E-state index contributed by atoms with van der Waals surface area (Å²) in [6, 6.07) is 9.08. The van der Waals surface area contributed by atoms with Gasteiger partial charge in [0.05, 0.1) is 19.3 Å². The van der Waals surface area contributed by atoms with Gasteiger partial charge >= 0.3 is 5.97 Å². The standard InChI is InChI=1S/C23H24N2O4S/c1-4-29-23(27)20-17-10-9-14(2)11-19(17)30-22(20)25-21(26)16(13-24)12-15-7-5-6-8-18(15)28-3/h5-8,12,14H,4,9-11H2,1-3H3,(H,25,26). The highest BCUT2D eigenvalue weighted by molar-refractivity contribution is 7.17. The number of ether oxygens (including phenoxy) is 2. The van der Waals surface area contributed by atoms with Crippen LogP contribution in [0.1, 0.15) is 46.6 Å². The van der Waals surface area contributed by atoms with Crippen LogP contribution in [-0.4, -0.2) is 25.6 Å². The number of hydrogen-bond acceptors (Lipinski definition) is 6. The number of nitriles is 1. The maximum absolute atomic E-state index is 12.9. The lowest BCUT2D eigenvalue weighted by molar-refractivity contribution is -0.112. The van der Waals surface area contributed by atoms with Crippen LogP contribution in [0.25, 0.3) is 6.08 Å². The van der Waals surface area contributed by atoms with E-state index in [2.05, 4.69) is 12.2 Å². The lowest BCUT2D eigenvalue weighted by Gasteiger charge is -2.18. The molecule has 3 rings (SSSR count). The molecular formula is C23H24N2O4S. The van der Waals surface area contributed by atoms with E-state index in [1.165, 1.54) is 24.5 Å². The van der Waals surface area contributed by atoms with Crippen LogP contribution in [0.5, 0.6) is 5.75 Å². The first-order chi connectivity index (χ1) is 14.5. The number of fused-ring (bicyclic) bond motifs is 1. The third-order valence-corrected chi connectivity index (χ3v) is 6.19. The molecule has 1 heterocycles. The molecule has 0 saturated carbocycles. The van der Waals surface area contributed by atoms with E-state index >= 15 is 0 Å². The second kappa shape index (κ2) is 9.59. The zero-order chi connectivity index (χ0) is 21.7. The molecule has 7 heteroatoms. The van der Waals surface area contributed by atoms with Crippen molar-refractivity contribution in [3.8, 4) is 11.8 Å². The minimum absolute atomic E-state index is 0.0750. The van der Waals surface area contributed by atoms with Gasteiger partial charge in [-0.15, -0.1) is 11.3 Å². The summed E-state index contributed by atoms with van der Waals surface area (Å²) in [6.07, 6.45) is 4.11. The SMILES string of the molecule is CCOC(=O)c1c(NC(=O)C(C#N)=Cc2ccccc2OC)sc2c1CCC(C)C2. The smallest absolute Gasteiger partial charge is 0.341 e. The van der Waals surface area contributed by atoms with Crippen molar-refractivity contribution in [2.75, 3.05) is 19.0 Å². The van der Waals surface area contributed by atoms with E-state index in [0.29, 0.717) is 27.8 Å². The molecule has 1 aliphatic carbocycles. The number of nitrogens with one attached hydrogen (secondary N) is 1. The van der Waals surface area contributed by atoms with Crippen molar-refractivity contribution in [2.45, 2.75) is 33.1 Å². The fraction of sp³-hybridized carbons (Fsp3) is 0.348. The molecule has 156 valence electrons. The van der Waals surface area contributed by atoms with Gasteiger partial charge in [0.1, 0.15) is 22.4 Å². The van der Waals surface area contributed by atoms with Crippen molar-refractivity contribution in [3.63, 3.8) is 0 Å². The fourth-order valence-corrected chi connectivity index (χ4v) is 4.91. The minimum atomic E-state index is -0.569. The molecule has 0 aliphatic heterocycles. The second-order valence-corrected chi connectivity index (χ2v) is 8.25. The molecule has 1 aromatic heterocycles. The third kappa shape index (κ3) is 4.55. The number of carbonyl (C=O) groups is 2. The number of para-hydroxylation sites is 1. The van der Waals surface area contributed by atoms with Crippen molar-refractivity contribution >= 4 is 34.3 Å². The van der Waals surface area contributed by atoms with Crippen LogP contribution in [0.4, 0.5) is 5.00 Å². The Morgan fingerprint density at radius 3 is 2.83 bits per heavy atom. The Kier molecular flexibility index (Phi) is 6.91. The Labute approximate surface area is 180 Å². The zero-order valence-electron chi connectivity index (χ0n) is 17.3. The van der Waals surface area contributed by atoms with Gasteiger partial charge in [0.25, 0.3) is 5.91 Å². The van der Waals surface area contributed by atoms with E-state index in [1.807, 2.05) is 12.1 Å². The van der Waals surface area contributed by atoms with E-state index < -0.39 is 11.9 Å². The highest BCUT2D eigenvalue weighted by Gasteiger charge is 2.29. The predicted molar refractivity (Wildman–Crippen MR) is 117 cm³/mol. The van der Waals surface area contributed by atoms with Crippen LogP contribution >= 0.6 is 11.3 Å². The Morgan fingerprint density at radius 2 is 2.13 bits per heavy atom. The van der Waals surface area contributed by atoms with Gasteiger partial charge in [-0.25, -0.2) is 4.79 Å². The van der Waals surface area contributed by atoms with Crippen LogP contribution in [0.15, 0.2) is 29.8 Å². The molecule has 2 aromatic rings. The molecule has 1 N–H and O–H groups in total. The first kappa shape index (κ1) is 21.6. The maximum atomic E-state index is 12.9. The van der Waals surface area contributed by atoms with Gasteiger partial charge in [-0.1, -0.05) is 25.1 Å². The predicted octanol–water partition coefficient (Wildman–Crippen LogP) is 4.60. The summed E-state index contributed by atoms with van der Waals surface area (Å²) in [5.74, 6) is 0.0772. The average molecular weight is 425 g/mol. The highest BCUT2D eigenvalue weighted by atomic mass is 32.1. The first-order valence-corrected chi connectivity index (χ1v) is 10.7. The van der Waals surface area contributed by atoms with E-state index in [4.69, 9.17) is 9.47 Å². The van der Waals surface area contributed by atoms with Gasteiger partial charge in [-0.05, 0) is 49.8 Å². The summed E-state index contributed by atoms with van der Waals surface area (Å²) in [5.41, 5.74) is 1.93. The number of esters is 1. The van der Waals surface area contributed by atoms with E-state index in [-0.39, 0.29) is 12.2 Å². The van der Waals surface area contributed by atoms with E-state index in [9.17, 15) is 14.9 Å².